The maximum atomic E-state index is 10.8. The van der Waals surface area contributed by atoms with Gasteiger partial charge < -0.3 is 9.84 Å². The largest absolute Gasteiger partial charge is 0.481 e. The summed E-state index contributed by atoms with van der Waals surface area (Å²) >= 11 is 0. The predicted molar refractivity (Wildman–Crippen MR) is 135 cm³/mol. The zero-order valence-corrected chi connectivity index (χ0v) is 22.1. The van der Waals surface area contributed by atoms with Crippen molar-refractivity contribution in [1.82, 2.24) is 0 Å². The van der Waals surface area contributed by atoms with Crippen LogP contribution in [0.2, 0.25) is 0 Å². The van der Waals surface area contributed by atoms with Crippen molar-refractivity contribution in [2.24, 2.45) is 46.3 Å². The van der Waals surface area contributed by atoms with Crippen molar-refractivity contribution in [3.63, 3.8) is 0 Å². The zero-order valence-electron chi connectivity index (χ0n) is 22.1. The Morgan fingerprint density at radius 3 is 2.61 bits per heavy atom. The summed E-state index contributed by atoms with van der Waals surface area (Å²) in [6.07, 6.45) is 17.5. The van der Waals surface area contributed by atoms with Crippen molar-refractivity contribution in [2.45, 2.75) is 118 Å². The maximum absolute atomic E-state index is 10.8. The zero-order chi connectivity index (χ0) is 23.8. The second-order valence-electron chi connectivity index (χ2n) is 13.2. The van der Waals surface area contributed by atoms with Gasteiger partial charge in [-0.15, -0.1) is 0 Å². The van der Waals surface area contributed by atoms with Gasteiger partial charge in [-0.25, -0.2) is 0 Å². The molecular formula is C30H50O3. The predicted octanol–water partition coefficient (Wildman–Crippen LogP) is 7.89. The fourth-order valence-electron chi connectivity index (χ4n) is 9.11. The SMILES string of the molecule is CC(C)CCC[C@@H](C)[C@H]1CCC2C3CC=C4C[C@@H](OCCC(=O)O)CC[C@]4(C)C3CC[C@@]21C. The van der Waals surface area contributed by atoms with Crippen molar-refractivity contribution < 1.29 is 14.6 Å². The minimum Gasteiger partial charge on any atom is -0.481 e. The highest BCUT2D eigenvalue weighted by Gasteiger charge is 2.59. The average molecular weight is 459 g/mol. The van der Waals surface area contributed by atoms with Crippen LogP contribution >= 0.6 is 0 Å². The molecule has 8 atom stereocenters. The molecule has 0 bridgehead atoms. The van der Waals surface area contributed by atoms with E-state index < -0.39 is 5.97 Å². The Bertz CT molecular complexity index is 726. The molecule has 3 nitrogen and oxygen atoms in total. The van der Waals surface area contributed by atoms with Crippen LogP contribution in [0.3, 0.4) is 0 Å². The summed E-state index contributed by atoms with van der Waals surface area (Å²) in [6.45, 7) is 12.9. The van der Waals surface area contributed by atoms with Crippen molar-refractivity contribution in [1.29, 1.82) is 0 Å². The molecule has 0 heterocycles. The molecule has 0 saturated heterocycles. The minimum atomic E-state index is -0.760. The molecule has 3 unspecified atom stereocenters. The molecule has 4 aliphatic carbocycles. The van der Waals surface area contributed by atoms with Crippen molar-refractivity contribution in [2.75, 3.05) is 6.61 Å². The summed E-state index contributed by atoms with van der Waals surface area (Å²) in [7, 11) is 0. The fourth-order valence-corrected chi connectivity index (χ4v) is 9.11. The van der Waals surface area contributed by atoms with Gasteiger partial charge in [0.2, 0.25) is 0 Å². The van der Waals surface area contributed by atoms with E-state index in [4.69, 9.17) is 9.84 Å². The van der Waals surface area contributed by atoms with E-state index in [-0.39, 0.29) is 12.5 Å². The van der Waals surface area contributed by atoms with Crippen molar-refractivity contribution in [3.05, 3.63) is 11.6 Å². The number of carboxylic acid groups (broad SMARTS) is 1. The third-order valence-corrected chi connectivity index (χ3v) is 10.9. The van der Waals surface area contributed by atoms with Crippen LogP contribution < -0.4 is 0 Å². The number of ether oxygens (including phenoxy) is 1. The molecule has 3 saturated carbocycles. The van der Waals surface area contributed by atoms with Crippen LogP contribution in [0, 0.1) is 46.3 Å². The molecule has 0 aliphatic heterocycles. The van der Waals surface area contributed by atoms with Gasteiger partial charge in [0.05, 0.1) is 19.1 Å². The highest BCUT2D eigenvalue weighted by Crippen LogP contribution is 2.67. The van der Waals surface area contributed by atoms with Gasteiger partial charge in [-0.2, -0.15) is 0 Å². The van der Waals surface area contributed by atoms with E-state index in [0.717, 1.165) is 48.3 Å². The van der Waals surface area contributed by atoms with Crippen molar-refractivity contribution in [3.8, 4) is 0 Å². The molecular weight excluding hydrogens is 408 g/mol. The van der Waals surface area contributed by atoms with Gasteiger partial charge in [0.25, 0.3) is 0 Å². The molecule has 0 aromatic heterocycles. The number of hydrogen-bond donors (Lipinski definition) is 1. The standard InChI is InChI=1S/C30H50O3/c1-20(2)7-6-8-21(3)25-11-12-26-24-10-9-22-19-23(33-18-15-28(31)32)13-16-29(22,4)27(24)14-17-30(25,26)5/h9,20-21,23-27H,6-8,10-19H2,1-5H3,(H,31,32)/t21-,23+,24?,25-,26?,27?,29+,30-/m1/s1. The third-order valence-electron chi connectivity index (χ3n) is 10.9. The Morgan fingerprint density at radius 2 is 1.88 bits per heavy atom. The highest BCUT2D eigenvalue weighted by molar-refractivity contribution is 5.66. The molecule has 0 aromatic carbocycles. The number of carboxylic acids is 1. The number of carbonyl (C=O) groups is 1. The van der Waals surface area contributed by atoms with Gasteiger partial charge in [-0.05, 0) is 97.7 Å². The Balaban J connectivity index is 1.41. The van der Waals surface area contributed by atoms with Gasteiger partial charge >= 0.3 is 5.97 Å². The van der Waals surface area contributed by atoms with Gasteiger partial charge in [0.1, 0.15) is 0 Å². The van der Waals surface area contributed by atoms with E-state index in [2.05, 4.69) is 40.7 Å². The van der Waals surface area contributed by atoms with Crippen LogP contribution in [0.15, 0.2) is 11.6 Å². The Hall–Kier alpha value is -0.830. The van der Waals surface area contributed by atoms with Crippen LogP contribution in [0.4, 0.5) is 0 Å². The van der Waals surface area contributed by atoms with E-state index in [1.807, 2.05) is 0 Å². The Morgan fingerprint density at radius 1 is 1.09 bits per heavy atom. The van der Waals surface area contributed by atoms with Gasteiger partial charge in [0.15, 0.2) is 0 Å². The molecule has 188 valence electrons. The number of aliphatic carboxylic acids is 1. The second kappa shape index (κ2) is 10.0. The normalized spacial score (nSPS) is 41.2. The molecule has 33 heavy (non-hydrogen) atoms. The summed E-state index contributed by atoms with van der Waals surface area (Å²) < 4.78 is 5.97. The first-order valence-corrected chi connectivity index (χ1v) is 14.2. The first-order valence-electron chi connectivity index (χ1n) is 14.2. The summed E-state index contributed by atoms with van der Waals surface area (Å²) in [6, 6.07) is 0. The molecule has 4 rings (SSSR count). The van der Waals surface area contributed by atoms with Crippen LogP contribution in [-0.4, -0.2) is 23.8 Å². The summed E-state index contributed by atoms with van der Waals surface area (Å²) in [4.78, 5) is 10.8. The topological polar surface area (TPSA) is 46.5 Å². The van der Waals surface area contributed by atoms with Crippen molar-refractivity contribution >= 4 is 5.97 Å². The molecule has 3 fully saturated rings. The Kier molecular flexibility index (Phi) is 7.68. The van der Waals surface area contributed by atoms with E-state index >= 15 is 0 Å². The summed E-state index contributed by atoms with van der Waals surface area (Å²) in [5, 5.41) is 8.92. The van der Waals surface area contributed by atoms with Crippen LogP contribution in [0.5, 0.6) is 0 Å². The lowest BCUT2D eigenvalue weighted by Gasteiger charge is -2.58. The lowest BCUT2D eigenvalue weighted by Crippen LogP contribution is -2.51. The first-order chi connectivity index (χ1) is 15.6. The molecule has 0 radical (unpaired) electrons. The monoisotopic (exact) mass is 458 g/mol. The molecule has 0 aromatic rings. The van der Waals surface area contributed by atoms with E-state index in [1.54, 1.807) is 5.57 Å². The van der Waals surface area contributed by atoms with E-state index in [9.17, 15) is 4.79 Å². The van der Waals surface area contributed by atoms with E-state index in [0.29, 0.717) is 17.4 Å². The van der Waals surface area contributed by atoms with Gasteiger partial charge in [-0.3, -0.25) is 4.79 Å². The van der Waals surface area contributed by atoms with Gasteiger partial charge in [0, 0.05) is 0 Å². The quantitative estimate of drug-likeness (QED) is 0.357. The second-order valence-corrected chi connectivity index (χ2v) is 13.2. The van der Waals surface area contributed by atoms with E-state index in [1.165, 1.54) is 57.8 Å². The molecule has 1 N–H and O–H groups in total. The minimum absolute atomic E-state index is 0.120. The molecule has 0 amide bonds. The molecule has 3 heteroatoms. The molecule has 4 aliphatic rings. The lowest BCUT2D eigenvalue weighted by atomic mass is 9.47. The third kappa shape index (κ3) is 4.95. The van der Waals surface area contributed by atoms with Gasteiger partial charge in [-0.1, -0.05) is 65.5 Å². The van der Waals surface area contributed by atoms with Crippen LogP contribution in [-0.2, 0) is 9.53 Å². The Labute approximate surface area is 203 Å². The number of hydrogen-bond acceptors (Lipinski definition) is 2. The number of rotatable bonds is 9. The lowest BCUT2D eigenvalue weighted by molar-refractivity contribution is -0.139. The fraction of sp³-hybridized carbons (Fsp3) is 0.900. The average Bonchev–Trinajstić information content (AvgIpc) is 3.10. The first kappa shape index (κ1) is 25.3. The maximum Gasteiger partial charge on any atom is 0.305 e. The summed E-state index contributed by atoms with van der Waals surface area (Å²) in [5.41, 5.74) is 2.53. The number of fused-ring (bicyclic) bond motifs is 5. The molecule has 0 spiro atoms. The van der Waals surface area contributed by atoms with Crippen LogP contribution in [0.1, 0.15) is 112 Å². The highest BCUT2D eigenvalue weighted by atomic mass is 16.5. The smallest absolute Gasteiger partial charge is 0.305 e. The van der Waals surface area contributed by atoms with Crippen LogP contribution in [0.25, 0.3) is 0 Å². The summed E-state index contributed by atoms with van der Waals surface area (Å²) in [5.74, 6) is 4.49. The number of allylic oxidation sites excluding steroid dienone is 1.